The second kappa shape index (κ2) is 6.34. The van der Waals surface area contributed by atoms with E-state index in [1.54, 1.807) is 13.8 Å². The van der Waals surface area contributed by atoms with E-state index in [0.29, 0.717) is 13.0 Å². The number of nitrogens with one attached hydrogen (secondary N) is 2. The maximum absolute atomic E-state index is 11.3. The molecule has 86 valence electrons. The summed E-state index contributed by atoms with van der Waals surface area (Å²) >= 11 is 0. The third-order valence-electron chi connectivity index (χ3n) is 1.63. The molecule has 0 aliphatic heterocycles. The average molecular weight is 224 g/mol. The molecule has 1 unspecified atom stereocenters. The van der Waals surface area contributed by atoms with Crippen molar-refractivity contribution >= 4 is 10.2 Å². The van der Waals surface area contributed by atoms with Gasteiger partial charge >= 0.3 is 0 Å². The number of aliphatic hydroxyl groups is 1. The van der Waals surface area contributed by atoms with Crippen LogP contribution in [0.5, 0.6) is 0 Å². The lowest BCUT2D eigenvalue weighted by molar-refractivity contribution is 0.262. The first-order valence-electron chi connectivity index (χ1n) is 4.75. The molecule has 0 aromatic carbocycles. The number of aliphatic hydroxyl groups excluding tert-OH is 1. The zero-order valence-corrected chi connectivity index (χ0v) is 9.76. The third-order valence-corrected chi connectivity index (χ3v) is 2.96. The highest BCUT2D eigenvalue weighted by Crippen LogP contribution is 1.98. The summed E-state index contributed by atoms with van der Waals surface area (Å²) in [6.07, 6.45) is 0.601. The van der Waals surface area contributed by atoms with E-state index in [9.17, 15) is 8.42 Å². The zero-order valence-electron chi connectivity index (χ0n) is 8.95. The van der Waals surface area contributed by atoms with Crippen LogP contribution in [0.3, 0.4) is 0 Å². The Morgan fingerprint density at radius 3 is 2.29 bits per heavy atom. The first-order chi connectivity index (χ1) is 6.37. The van der Waals surface area contributed by atoms with Crippen LogP contribution in [0, 0.1) is 5.92 Å². The van der Waals surface area contributed by atoms with Gasteiger partial charge in [-0.15, -0.1) is 0 Å². The van der Waals surface area contributed by atoms with Gasteiger partial charge in [-0.2, -0.15) is 13.1 Å². The summed E-state index contributed by atoms with van der Waals surface area (Å²) in [5.41, 5.74) is 0. The van der Waals surface area contributed by atoms with E-state index in [1.165, 1.54) is 0 Å². The van der Waals surface area contributed by atoms with Gasteiger partial charge in [0.1, 0.15) is 0 Å². The molecule has 0 amide bonds. The molecule has 0 heterocycles. The highest BCUT2D eigenvalue weighted by atomic mass is 32.2. The van der Waals surface area contributed by atoms with Crippen molar-refractivity contribution in [3.8, 4) is 0 Å². The molecule has 0 aromatic rings. The van der Waals surface area contributed by atoms with Crippen molar-refractivity contribution in [2.45, 2.75) is 33.2 Å². The second-order valence-electron chi connectivity index (χ2n) is 3.74. The van der Waals surface area contributed by atoms with E-state index in [-0.39, 0.29) is 18.6 Å². The largest absolute Gasteiger partial charge is 0.396 e. The van der Waals surface area contributed by atoms with E-state index < -0.39 is 10.2 Å². The Labute approximate surface area is 86.1 Å². The molecule has 0 aromatic heterocycles. The van der Waals surface area contributed by atoms with Gasteiger partial charge in [-0.1, -0.05) is 6.92 Å². The minimum Gasteiger partial charge on any atom is -0.396 e. The Hall–Kier alpha value is -0.170. The van der Waals surface area contributed by atoms with Gasteiger partial charge in [0.25, 0.3) is 10.2 Å². The van der Waals surface area contributed by atoms with Crippen LogP contribution in [-0.2, 0) is 10.2 Å². The molecule has 6 heteroatoms. The molecule has 0 radical (unpaired) electrons. The van der Waals surface area contributed by atoms with Crippen molar-refractivity contribution < 1.29 is 13.5 Å². The Morgan fingerprint density at radius 2 is 1.86 bits per heavy atom. The summed E-state index contributed by atoms with van der Waals surface area (Å²) in [5, 5.41) is 8.62. The predicted molar refractivity (Wildman–Crippen MR) is 56.1 cm³/mol. The molecule has 0 saturated carbocycles. The van der Waals surface area contributed by atoms with Crippen molar-refractivity contribution in [2.24, 2.45) is 5.92 Å². The van der Waals surface area contributed by atoms with Crippen molar-refractivity contribution in [3.05, 3.63) is 0 Å². The number of rotatable bonds is 7. The Kier molecular flexibility index (Phi) is 6.26. The second-order valence-corrected chi connectivity index (χ2v) is 5.27. The van der Waals surface area contributed by atoms with Gasteiger partial charge in [-0.05, 0) is 26.2 Å². The maximum Gasteiger partial charge on any atom is 0.277 e. The van der Waals surface area contributed by atoms with E-state index >= 15 is 0 Å². The van der Waals surface area contributed by atoms with Gasteiger partial charge in [0, 0.05) is 19.2 Å². The van der Waals surface area contributed by atoms with Crippen LogP contribution < -0.4 is 9.44 Å². The SMILES string of the molecule is CC(CCO)CNS(=O)(=O)NC(C)C. The lowest BCUT2D eigenvalue weighted by atomic mass is 10.1. The zero-order chi connectivity index (χ0) is 11.2. The summed E-state index contributed by atoms with van der Waals surface area (Å²) in [6.45, 7) is 5.84. The van der Waals surface area contributed by atoms with Crippen molar-refractivity contribution in [2.75, 3.05) is 13.2 Å². The molecular weight excluding hydrogens is 204 g/mol. The van der Waals surface area contributed by atoms with E-state index in [2.05, 4.69) is 9.44 Å². The first kappa shape index (κ1) is 13.8. The van der Waals surface area contributed by atoms with Gasteiger partial charge < -0.3 is 5.11 Å². The molecule has 3 N–H and O–H groups in total. The summed E-state index contributed by atoms with van der Waals surface area (Å²) in [5.74, 6) is 0.142. The average Bonchev–Trinajstić information content (AvgIpc) is 1.99. The predicted octanol–water partition coefficient (Wildman–Crippen LogP) is -0.163. The summed E-state index contributed by atoms with van der Waals surface area (Å²) in [6, 6.07) is -0.111. The lowest BCUT2D eigenvalue weighted by Gasteiger charge is -2.13. The van der Waals surface area contributed by atoms with Gasteiger partial charge in [0.2, 0.25) is 0 Å². The van der Waals surface area contributed by atoms with E-state index in [1.807, 2.05) is 6.92 Å². The Morgan fingerprint density at radius 1 is 1.29 bits per heavy atom. The van der Waals surface area contributed by atoms with Crippen LogP contribution in [0.25, 0.3) is 0 Å². The summed E-state index contributed by atoms with van der Waals surface area (Å²) in [7, 11) is -3.38. The van der Waals surface area contributed by atoms with Gasteiger partial charge in [-0.3, -0.25) is 0 Å². The highest BCUT2D eigenvalue weighted by molar-refractivity contribution is 7.87. The standard InChI is InChI=1S/C8H20N2O3S/c1-7(2)10-14(12,13)9-6-8(3)4-5-11/h7-11H,4-6H2,1-3H3. The van der Waals surface area contributed by atoms with Crippen LogP contribution >= 0.6 is 0 Å². The van der Waals surface area contributed by atoms with Crippen LogP contribution in [0.1, 0.15) is 27.2 Å². The molecule has 0 rings (SSSR count). The van der Waals surface area contributed by atoms with Crippen LogP contribution in [0.15, 0.2) is 0 Å². The molecule has 0 saturated heterocycles. The van der Waals surface area contributed by atoms with Crippen LogP contribution in [0.2, 0.25) is 0 Å². The summed E-state index contributed by atoms with van der Waals surface area (Å²) < 4.78 is 27.4. The number of hydrogen-bond donors (Lipinski definition) is 3. The van der Waals surface area contributed by atoms with E-state index in [0.717, 1.165) is 0 Å². The minimum atomic E-state index is -3.38. The topological polar surface area (TPSA) is 78.4 Å². The lowest BCUT2D eigenvalue weighted by Crippen LogP contribution is -2.41. The van der Waals surface area contributed by atoms with Crippen LogP contribution in [0.4, 0.5) is 0 Å². The highest BCUT2D eigenvalue weighted by Gasteiger charge is 2.12. The normalized spacial score (nSPS) is 14.6. The first-order valence-corrected chi connectivity index (χ1v) is 6.23. The fraction of sp³-hybridized carbons (Fsp3) is 1.00. The molecule has 0 spiro atoms. The molecule has 0 aliphatic carbocycles. The van der Waals surface area contributed by atoms with Gasteiger partial charge in [0.05, 0.1) is 0 Å². The molecule has 0 aliphatic rings. The minimum absolute atomic E-state index is 0.0838. The molecule has 0 fully saturated rings. The van der Waals surface area contributed by atoms with Crippen molar-refractivity contribution in [1.29, 1.82) is 0 Å². The van der Waals surface area contributed by atoms with Gasteiger partial charge in [-0.25, -0.2) is 4.72 Å². The fourth-order valence-electron chi connectivity index (χ4n) is 0.926. The van der Waals surface area contributed by atoms with Crippen molar-refractivity contribution in [1.82, 2.24) is 9.44 Å². The van der Waals surface area contributed by atoms with Crippen LogP contribution in [-0.4, -0.2) is 32.7 Å². The Bertz CT molecular complexity index is 239. The summed E-state index contributed by atoms with van der Waals surface area (Å²) in [4.78, 5) is 0. The Balaban J connectivity index is 3.87. The third kappa shape index (κ3) is 7.25. The molecule has 14 heavy (non-hydrogen) atoms. The molecule has 1 atom stereocenters. The molecule has 0 bridgehead atoms. The van der Waals surface area contributed by atoms with E-state index in [4.69, 9.17) is 5.11 Å². The quantitative estimate of drug-likeness (QED) is 0.562. The number of hydrogen-bond acceptors (Lipinski definition) is 3. The maximum atomic E-state index is 11.3. The molecular formula is C8H20N2O3S. The van der Waals surface area contributed by atoms with Crippen molar-refractivity contribution in [3.63, 3.8) is 0 Å². The smallest absolute Gasteiger partial charge is 0.277 e. The fourth-order valence-corrected chi connectivity index (χ4v) is 2.13. The molecule has 5 nitrogen and oxygen atoms in total. The monoisotopic (exact) mass is 224 g/mol. The van der Waals surface area contributed by atoms with Gasteiger partial charge in [0.15, 0.2) is 0 Å².